The van der Waals surface area contributed by atoms with Crippen LogP contribution in [0.2, 0.25) is 0 Å². The molecule has 2 nitrogen and oxygen atoms in total. The van der Waals surface area contributed by atoms with Crippen molar-refractivity contribution in [3.05, 3.63) is 164 Å². The molecule has 0 radical (unpaired) electrons. The number of fused-ring (bicyclic) bond motifs is 6. The Morgan fingerprint density at radius 1 is 0.341 bits per heavy atom. The van der Waals surface area contributed by atoms with Crippen molar-refractivity contribution in [1.29, 1.82) is 0 Å². The van der Waals surface area contributed by atoms with Gasteiger partial charge in [0.25, 0.3) is 0 Å². The van der Waals surface area contributed by atoms with Gasteiger partial charge in [-0.25, -0.2) is 0 Å². The van der Waals surface area contributed by atoms with E-state index in [0.717, 1.165) is 33.2 Å². The van der Waals surface area contributed by atoms with Gasteiger partial charge in [0.15, 0.2) is 5.58 Å². The van der Waals surface area contributed by atoms with Crippen LogP contribution in [-0.2, 0) is 0 Å². The fourth-order valence-corrected chi connectivity index (χ4v) is 6.71. The lowest BCUT2D eigenvalue weighted by Gasteiger charge is -2.13. The smallest absolute Gasteiger partial charge is 0.159 e. The summed E-state index contributed by atoms with van der Waals surface area (Å²) < 4.78 is 8.99. The van der Waals surface area contributed by atoms with E-state index >= 15 is 0 Å². The molecule has 2 heteroatoms. The first-order chi connectivity index (χ1) is 21.8. The van der Waals surface area contributed by atoms with E-state index in [1.165, 1.54) is 49.6 Å². The molecule has 0 aliphatic carbocycles. The van der Waals surface area contributed by atoms with Gasteiger partial charge in [-0.15, -0.1) is 0 Å². The van der Waals surface area contributed by atoms with Crippen LogP contribution in [0.4, 0.5) is 0 Å². The summed E-state index contributed by atoms with van der Waals surface area (Å²) in [5.41, 5.74) is 12.3. The summed E-state index contributed by atoms with van der Waals surface area (Å²) in [6, 6.07) is 58.5. The fourth-order valence-electron chi connectivity index (χ4n) is 6.71. The Balaban J connectivity index is 1.29. The first kappa shape index (κ1) is 24.7. The highest BCUT2D eigenvalue weighted by molar-refractivity contribution is 6.13. The van der Waals surface area contributed by atoms with Gasteiger partial charge >= 0.3 is 0 Å². The first-order valence-corrected chi connectivity index (χ1v) is 15.0. The average Bonchev–Trinajstić information content (AvgIpc) is 3.64. The molecular formula is C42H27NO. The number of hydrogen-bond donors (Lipinski definition) is 0. The predicted molar refractivity (Wildman–Crippen MR) is 184 cm³/mol. The molecule has 44 heavy (non-hydrogen) atoms. The third-order valence-corrected chi connectivity index (χ3v) is 8.78. The van der Waals surface area contributed by atoms with E-state index in [-0.39, 0.29) is 0 Å². The molecule has 0 unspecified atom stereocenters. The first-order valence-electron chi connectivity index (χ1n) is 15.0. The SMILES string of the molecule is c1ccc(-c2cccc(-c3cccc(-c4cc(-n5c6ccccc6c6ccccc65)c5oc6ccccc6c5c4)c3)c2)cc1. The van der Waals surface area contributed by atoms with Gasteiger partial charge in [0, 0.05) is 21.5 Å². The lowest BCUT2D eigenvalue weighted by Crippen LogP contribution is -1.95. The van der Waals surface area contributed by atoms with Crippen LogP contribution in [0.15, 0.2) is 168 Å². The Kier molecular flexibility index (Phi) is 5.54. The molecule has 0 fully saturated rings. The Morgan fingerprint density at radius 2 is 0.841 bits per heavy atom. The summed E-state index contributed by atoms with van der Waals surface area (Å²) in [5.74, 6) is 0. The second-order valence-electron chi connectivity index (χ2n) is 11.4. The van der Waals surface area contributed by atoms with Gasteiger partial charge in [0.05, 0.1) is 16.7 Å². The molecule has 9 aromatic rings. The maximum atomic E-state index is 6.62. The van der Waals surface area contributed by atoms with Gasteiger partial charge < -0.3 is 8.98 Å². The van der Waals surface area contributed by atoms with Gasteiger partial charge in [0.2, 0.25) is 0 Å². The standard InChI is InChI=1S/C42H27NO/c1-2-12-28(13-3-1)29-14-10-15-30(24-29)31-16-11-17-32(25-31)33-26-37-36-20-6-9-23-41(36)44-42(37)40(27-33)43-38-21-7-4-18-34(38)35-19-5-8-22-39(35)43/h1-27H. The number of nitrogens with zero attached hydrogens (tertiary/aromatic N) is 1. The number of benzene rings is 7. The van der Waals surface area contributed by atoms with Crippen LogP contribution in [0.1, 0.15) is 0 Å². The molecule has 0 amide bonds. The van der Waals surface area contributed by atoms with Crippen molar-refractivity contribution in [3.8, 4) is 39.1 Å². The van der Waals surface area contributed by atoms with Crippen LogP contribution in [0, 0.1) is 0 Å². The zero-order chi connectivity index (χ0) is 29.0. The van der Waals surface area contributed by atoms with E-state index in [0.29, 0.717) is 0 Å². The summed E-state index contributed by atoms with van der Waals surface area (Å²) in [7, 11) is 0. The Labute approximate surface area is 255 Å². The third-order valence-electron chi connectivity index (χ3n) is 8.78. The highest BCUT2D eigenvalue weighted by atomic mass is 16.3. The average molecular weight is 562 g/mol. The van der Waals surface area contributed by atoms with Crippen molar-refractivity contribution in [2.75, 3.05) is 0 Å². The van der Waals surface area contributed by atoms with E-state index < -0.39 is 0 Å². The molecule has 2 heterocycles. The molecule has 0 saturated heterocycles. The molecule has 0 bridgehead atoms. The molecule has 9 rings (SSSR count). The number of furan rings is 1. The van der Waals surface area contributed by atoms with Crippen LogP contribution in [0.3, 0.4) is 0 Å². The molecule has 0 atom stereocenters. The van der Waals surface area contributed by atoms with Crippen molar-refractivity contribution >= 4 is 43.7 Å². The highest BCUT2D eigenvalue weighted by Gasteiger charge is 2.19. The summed E-state index contributed by atoms with van der Waals surface area (Å²) in [6.07, 6.45) is 0. The number of para-hydroxylation sites is 3. The van der Waals surface area contributed by atoms with Gasteiger partial charge in [0.1, 0.15) is 5.58 Å². The molecule has 0 N–H and O–H groups in total. The van der Waals surface area contributed by atoms with Crippen molar-refractivity contribution in [2.24, 2.45) is 0 Å². The van der Waals surface area contributed by atoms with E-state index in [2.05, 4.69) is 162 Å². The van der Waals surface area contributed by atoms with Gasteiger partial charge in [-0.2, -0.15) is 0 Å². The van der Waals surface area contributed by atoms with Crippen LogP contribution < -0.4 is 0 Å². The molecule has 0 saturated carbocycles. The van der Waals surface area contributed by atoms with Crippen molar-refractivity contribution < 1.29 is 4.42 Å². The Morgan fingerprint density at radius 3 is 1.50 bits per heavy atom. The summed E-state index contributed by atoms with van der Waals surface area (Å²) in [5, 5.41) is 4.71. The minimum absolute atomic E-state index is 0.896. The number of hydrogen-bond acceptors (Lipinski definition) is 1. The lowest BCUT2D eigenvalue weighted by atomic mass is 9.95. The van der Waals surface area contributed by atoms with Crippen LogP contribution in [0.25, 0.3) is 82.8 Å². The monoisotopic (exact) mass is 561 g/mol. The molecule has 0 aliphatic heterocycles. The van der Waals surface area contributed by atoms with E-state index in [9.17, 15) is 0 Å². The van der Waals surface area contributed by atoms with Crippen LogP contribution in [0.5, 0.6) is 0 Å². The van der Waals surface area contributed by atoms with E-state index in [1.807, 2.05) is 6.07 Å². The van der Waals surface area contributed by atoms with E-state index in [1.54, 1.807) is 0 Å². The molecule has 2 aromatic heterocycles. The lowest BCUT2D eigenvalue weighted by molar-refractivity contribution is 0.666. The largest absolute Gasteiger partial charge is 0.454 e. The zero-order valence-corrected chi connectivity index (χ0v) is 23.9. The van der Waals surface area contributed by atoms with Crippen LogP contribution >= 0.6 is 0 Å². The summed E-state index contributed by atoms with van der Waals surface area (Å²) >= 11 is 0. The molecule has 0 aliphatic rings. The normalized spacial score (nSPS) is 11.6. The minimum Gasteiger partial charge on any atom is -0.454 e. The van der Waals surface area contributed by atoms with Gasteiger partial charge in [-0.3, -0.25) is 0 Å². The number of rotatable bonds is 4. The van der Waals surface area contributed by atoms with Gasteiger partial charge in [-0.1, -0.05) is 121 Å². The summed E-state index contributed by atoms with van der Waals surface area (Å²) in [4.78, 5) is 0. The van der Waals surface area contributed by atoms with Crippen molar-refractivity contribution in [1.82, 2.24) is 4.57 Å². The maximum absolute atomic E-state index is 6.62. The fraction of sp³-hybridized carbons (Fsp3) is 0. The zero-order valence-electron chi connectivity index (χ0n) is 23.9. The van der Waals surface area contributed by atoms with Crippen molar-refractivity contribution in [2.45, 2.75) is 0 Å². The van der Waals surface area contributed by atoms with Crippen molar-refractivity contribution in [3.63, 3.8) is 0 Å². The predicted octanol–water partition coefficient (Wildman–Crippen LogP) is 11.7. The molecule has 0 spiro atoms. The second-order valence-corrected chi connectivity index (χ2v) is 11.4. The second kappa shape index (κ2) is 9.86. The number of aromatic nitrogens is 1. The molecule has 206 valence electrons. The quantitative estimate of drug-likeness (QED) is 0.209. The topological polar surface area (TPSA) is 18.1 Å². The highest BCUT2D eigenvalue weighted by Crippen LogP contribution is 2.41. The van der Waals surface area contributed by atoms with Crippen LogP contribution in [-0.4, -0.2) is 4.57 Å². The molecule has 7 aromatic carbocycles. The van der Waals surface area contributed by atoms with Gasteiger partial charge in [-0.05, 0) is 75.8 Å². The maximum Gasteiger partial charge on any atom is 0.159 e. The van der Waals surface area contributed by atoms with E-state index in [4.69, 9.17) is 4.42 Å². The summed E-state index contributed by atoms with van der Waals surface area (Å²) in [6.45, 7) is 0. The minimum atomic E-state index is 0.896. The molecular weight excluding hydrogens is 534 g/mol. The third kappa shape index (κ3) is 3.89. The Bertz CT molecular complexity index is 2440. The Hall–Kier alpha value is -5.86.